The van der Waals surface area contributed by atoms with E-state index in [9.17, 15) is 4.79 Å². The Morgan fingerprint density at radius 3 is 2.33 bits per heavy atom. The van der Waals surface area contributed by atoms with Gasteiger partial charge in [0.25, 0.3) is 0 Å². The van der Waals surface area contributed by atoms with Gasteiger partial charge in [-0.3, -0.25) is 9.46 Å². The highest BCUT2D eigenvalue weighted by atomic mass is 32.9. The van der Waals surface area contributed by atoms with Crippen LogP contribution in [0.4, 0.5) is 0 Å². The molecule has 0 aliphatic carbocycles. The lowest BCUT2D eigenvalue weighted by Crippen LogP contribution is -2.30. The molecule has 0 bridgehead atoms. The SMILES string of the molecule is CCC=CCCC(=O)N(C)P(=S)(S)N(C)C(C)=S. The van der Waals surface area contributed by atoms with Crippen molar-refractivity contribution in [2.24, 2.45) is 0 Å². The van der Waals surface area contributed by atoms with E-state index in [4.69, 9.17) is 24.0 Å². The average molecular weight is 324 g/mol. The van der Waals surface area contributed by atoms with Crippen LogP contribution in [0.25, 0.3) is 0 Å². The van der Waals surface area contributed by atoms with Gasteiger partial charge in [0.05, 0.1) is 4.99 Å². The Bertz CT molecular complexity index is 384. The normalized spacial score (nSPS) is 14.3. The maximum Gasteiger partial charge on any atom is 0.228 e. The van der Waals surface area contributed by atoms with Crippen molar-refractivity contribution in [3.05, 3.63) is 12.2 Å². The van der Waals surface area contributed by atoms with Gasteiger partial charge in [-0.15, -0.1) is 12.2 Å². The molecule has 0 aliphatic rings. The van der Waals surface area contributed by atoms with E-state index in [1.165, 1.54) is 0 Å². The summed E-state index contributed by atoms with van der Waals surface area (Å²) in [4.78, 5) is 12.7. The smallest absolute Gasteiger partial charge is 0.228 e. The van der Waals surface area contributed by atoms with Gasteiger partial charge in [-0.2, -0.15) is 0 Å². The molecule has 18 heavy (non-hydrogen) atoms. The summed E-state index contributed by atoms with van der Waals surface area (Å²) in [5, 5.41) is 0. The van der Waals surface area contributed by atoms with Crippen molar-refractivity contribution in [1.82, 2.24) is 9.34 Å². The number of thiocarbonyl (C=S) groups is 1. The highest BCUT2D eigenvalue weighted by Crippen LogP contribution is 2.56. The molecular weight excluding hydrogens is 303 g/mol. The van der Waals surface area contributed by atoms with Gasteiger partial charge in [-0.25, -0.2) is 0 Å². The van der Waals surface area contributed by atoms with E-state index in [-0.39, 0.29) is 5.91 Å². The third-order valence-corrected chi connectivity index (χ3v) is 8.10. The van der Waals surface area contributed by atoms with Crippen molar-refractivity contribution >= 4 is 52.7 Å². The topological polar surface area (TPSA) is 23.6 Å². The first kappa shape index (κ1) is 18.1. The van der Waals surface area contributed by atoms with Gasteiger partial charge >= 0.3 is 0 Å². The summed E-state index contributed by atoms with van der Waals surface area (Å²) in [6, 6.07) is 0. The van der Waals surface area contributed by atoms with Crippen LogP contribution in [-0.4, -0.2) is 34.3 Å². The van der Waals surface area contributed by atoms with Crippen molar-refractivity contribution in [2.75, 3.05) is 14.1 Å². The van der Waals surface area contributed by atoms with E-state index >= 15 is 0 Å². The zero-order valence-electron chi connectivity index (χ0n) is 11.3. The zero-order valence-corrected chi connectivity index (χ0v) is 14.7. The second-order valence-electron chi connectivity index (χ2n) is 3.89. The predicted octanol–water partition coefficient (Wildman–Crippen LogP) is 3.62. The molecule has 0 aromatic rings. The van der Waals surface area contributed by atoms with Crippen LogP contribution in [0.5, 0.6) is 0 Å². The van der Waals surface area contributed by atoms with E-state index in [0.717, 1.165) is 12.8 Å². The molecule has 104 valence electrons. The van der Waals surface area contributed by atoms with E-state index < -0.39 is 5.54 Å². The van der Waals surface area contributed by atoms with Crippen LogP contribution < -0.4 is 0 Å². The zero-order chi connectivity index (χ0) is 14.3. The number of nitrogens with zero attached hydrogens (tertiary/aromatic N) is 2. The van der Waals surface area contributed by atoms with E-state index in [2.05, 4.69) is 25.2 Å². The molecule has 0 spiro atoms. The minimum Gasteiger partial charge on any atom is -0.318 e. The Balaban J connectivity index is 4.58. The molecule has 0 rings (SSSR count). The van der Waals surface area contributed by atoms with Gasteiger partial charge in [0, 0.05) is 20.5 Å². The standard InChI is InChI=1S/C11H21N2OPS3/c1-5-6-7-8-9-11(14)13(4)15(17,18)12(3)10(2)16/h6-7H,5,8-9H2,1-4H3,(H,17,18). The molecule has 0 radical (unpaired) electrons. The maximum absolute atomic E-state index is 12.0. The fourth-order valence-electron chi connectivity index (χ4n) is 1.18. The van der Waals surface area contributed by atoms with E-state index in [0.29, 0.717) is 11.4 Å². The van der Waals surface area contributed by atoms with Crippen LogP contribution in [0.15, 0.2) is 12.2 Å². The molecule has 0 aromatic heterocycles. The second-order valence-corrected chi connectivity index (χ2v) is 10.7. The highest BCUT2D eigenvalue weighted by molar-refractivity contribution is 8.62. The minimum absolute atomic E-state index is 0.0113. The lowest BCUT2D eigenvalue weighted by atomic mass is 10.2. The maximum atomic E-state index is 12.0. The van der Waals surface area contributed by atoms with Crippen LogP contribution in [0.1, 0.15) is 33.1 Å². The largest absolute Gasteiger partial charge is 0.318 e. The second kappa shape index (κ2) is 8.31. The monoisotopic (exact) mass is 324 g/mol. The minimum atomic E-state index is -2.36. The van der Waals surface area contributed by atoms with Crippen molar-refractivity contribution < 1.29 is 4.79 Å². The first-order chi connectivity index (χ1) is 8.25. The van der Waals surface area contributed by atoms with Crippen LogP contribution in [0.2, 0.25) is 0 Å². The molecule has 1 amide bonds. The van der Waals surface area contributed by atoms with Gasteiger partial charge in [-0.05, 0) is 31.6 Å². The molecule has 1 atom stereocenters. The number of carbonyl (C=O) groups excluding carboxylic acids is 1. The lowest BCUT2D eigenvalue weighted by molar-refractivity contribution is -0.125. The number of hydrogen-bond acceptors (Lipinski definition) is 3. The molecule has 0 saturated heterocycles. The predicted molar refractivity (Wildman–Crippen MR) is 90.7 cm³/mol. The fraction of sp³-hybridized carbons (Fsp3) is 0.636. The lowest BCUT2D eigenvalue weighted by Gasteiger charge is -2.35. The number of thiol groups is 1. The summed E-state index contributed by atoms with van der Waals surface area (Å²) >= 11 is 15.0. The van der Waals surface area contributed by atoms with Crippen molar-refractivity contribution in [1.29, 1.82) is 0 Å². The molecule has 0 N–H and O–H groups in total. The summed E-state index contributed by atoms with van der Waals surface area (Å²) in [5.41, 5.74) is -2.36. The van der Waals surface area contributed by atoms with Crippen molar-refractivity contribution in [2.45, 2.75) is 33.1 Å². The van der Waals surface area contributed by atoms with Crippen LogP contribution in [-0.2, 0) is 16.6 Å². The molecule has 3 nitrogen and oxygen atoms in total. The first-order valence-corrected chi connectivity index (χ1v) is 10.0. The summed E-state index contributed by atoms with van der Waals surface area (Å²) in [7, 11) is 3.49. The molecule has 1 unspecified atom stereocenters. The summed E-state index contributed by atoms with van der Waals surface area (Å²) in [5.74, 6) is 0.0113. The Labute approximate surface area is 126 Å². The third-order valence-electron chi connectivity index (χ3n) is 2.53. The first-order valence-electron chi connectivity index (χ1n) is 5.74. The van der Waals surface area contributed by atoms with Crippen LogP contribution in [0, 0.1) is 0 Å². The Kier molecular flexibility index (Phi) is 8.35. The third kappa shape index (κ3) is 5.39. The van der Waals surface area contributed by atoms with Gasteiger partial charge in [0.15, 0.2) is 5.54 Å². The highest BCUT2D eigenvalue weighted by Gasteiger charge is 2.27. The molecule has 0 saturated carbocycles. The summed E-state index contributed by atoms with van der Waals surface area (Å²) in [6.45, 7) is 3.85. The average Bonchev–Trinajstić information content (AvgIpc) is 2.32. The Hall–Kier alpha value is 0.1000. The quantitative estimate of drug-likeness (QED) is 0.349. The number of rotatable bonds is 6. The van der Waals surface area contributed by atoms with E-state index in [1.807, 2.05) is 6.08 Å². The number of hydrogen-bond donors (Lipinski definition) is 1. The molecule has 0 heterocycles. The Morgan fingerprint density at radius 1 is 1.33 bits per heavy atom. The summed E-state index contributed by atoms with van der Waals surface area (Å²) in [6.07, 6.45) is 6.25. The van der Waals surface area contributed by atoms with Crippen LogP contribution >= 0.6 is 30.0 Å². The number of amides is 1. The molecule has 0 fully saturated rings. The molecular formula is C11H21N2OPS3. The van der Waals surface area contributed by atoms with Gasteiger partial charge in [0.2, 0.25) is 5.91 Å². The molecule has 0 aromatic carbocycles. The fourth-order valence-corrected chi connectivity index (χ4v) is 4.38. The number of carbonyl (C=O) groups is 1. The molecule has 7 heteroatoms. The van der Waals surface area contributed by atoms with Crippen molar-refractivity contribution in [3.63, 3.8) is 0 Å². The van der Waals surface area contributed by atoms with Gasteiger partial charge < -0.3 is 4.67 Å². The van der Waals surface area contributed by atoms with Gasteiger partial charge in [0.1, 0.15) is 0 Å². The Morgan fingerprint density at radius 2 is 1.89 bits per heavy atom. The molecule has 0 aliphatic heterocycles. The van der Waals surface area contributed by atoms with E-state index in [1.54, 1.807) is 30.4 Å². The van der Waals surface area contributed by atoms with Gasteiger partial charge in [-0.1, -0.05) is 31.3 Å². The van der Waals surface area contributed by atoms with Crippen molar-refractivity contribution in [3.8, 4) is 0 Å². The van der Waals surface area contributed by atoms with Crippen LogP contribution in [0.3, 0.4) is 0 Å². The number of allylic oxidation sites excluding steroid dienone is 2. The summed E-state index contributed by atoms with van der Waals surface area (Å²) < 4.78 is 3.29.